The number of aliphatic carboxylic acids is 1. The number of phosphoric ester groups is 1. The van der Waals surface area contributed by atoms with Crippen LogP contribution >= 0.6 is 7.82 Å². The summed E-state index contributed by atoms with van der Waals surface area (Å²) in [6.07, 6.45) is 36.0. The Kier molecular flexibility index (Phi) is 41.2. The van der Waals surface area contributed by atoms with Crippen molar-refractivity contribution in [2.75, 3.05) is 26.4 Å². The first-order valence-electron chi connectivity index (χ1n) is 24.0. The lowest BCUT2D eigenvalue weighted by Crippen LogP contribution is -2.30. The van der Waals surface area contributed by atoms with E-state index in [-0.39, 0.29) is 51.9 Å². The number of amides is 1. The van der Waals surface area contributed by atoms with Crippen LogP contribution in [0.2, 0.25) is 0 Å². The van der Waals surface area contributed by atoms with Gasteiger partial charge in [0, 0.05) is 32.2 Å². The summed E-state index contributed by atoms with van der Waals surface area (Å²) < 4.78 is 33.5. The van der Waals surface area contributed by atoms with Crippen LogP contribution in [0.5, 0.6) is 0 Å². The fourth-order valence-electron chi connectivity index (χ4n) is 6.95. The zero-order valence-corrected chi connectivity index (χ0v) is 38.6. The Bertz CT molecular complexity index is 1060. The molecular weight excluding hydrogens is 773 g/mol. The molecule has 0 aliphatic carbocycles. The van der Waals surface area contributed by atoms with Gasteiger partial charge in [-0.25, -0.2) is 4.57 Å². The van der Waals surface area contributed by atoms with Crippen LogP contribution in [0.15, 0.2) is 0 Å². The summed E-state index contributed by atoms with van der Waals surface area (Å²) in [5.74, 6) is -2.32. The van der Waals surface area contributed by atoms with Crippen molar-refractivity contribution in [3.8, 4) is 0 Å². The van der Waals surface area contributed by atoms with Crippen molar-refractivity contribution in [1.82, 2.24) is 5.32 Å². The fraction of sp³-hybridized carbons (Fsp3) is 0.913. The molecule has 2 atom stereocenters. The Labute approximate surface area is 359 Å². The Morgan fingerprint density at radius 1 is 0.492 bits per heavy atom. The van der Waals surface area contributed by atoms with Crippen molar-refractivity contribution in [1.29, 1.82) is 0 Å². The molecule has 0 aromatic carbocycles. The van der Waals surface area contributed by atoms with E-state index in [4.69, 9.17) is 23.6 Å². The predicted octanol–water partition coefficient (Wildman–Crippen LogP) is 12.5. The first kappa shape index (κ1) is 57.0. The van der Waals surface area contributed by atoms with Crippen LogP contribution in [0.3, 0.4) is 0 Å². The van der Waals surface area contributed by atoms with Crippen molar-refractivity contribution >= 4 is 31.6 Å². The lowest BCUT2D eigenvalue weighted by Gasteiger charge is -2.20. The van der Waals surface area contributed by atoms with Gasteiger partial charge in [-0.1, -0.05) is 194 Å². The first-order valence-corrected chi connectivity index (χ1v) is 25.5. The van der Waals surface area contributed by atoms with Crippen LogP contribution in [-0.4, -0.2) is 66.3 Å². The zero-order chi connectivity index (χ0) is 43.5. The van der Waals surface area contributed by atoms with E-state index in [0.29, 0.717) is 12.8 Å². The van der Waals surface area contributed by atoms with E-state index < -0.39 is 44.3 Å². The molecule has 0 aliphatic heterocycles. The number of phosphoric acid groups is 1. The molecule has 13 heteroatoms. The lowest BCUT2D eigenvalue weighted by atomic mass is 10.0. The van der Waals surface area contributed by atoms with Crippen molar-refractivity contribution in [3.05, 3.63) is 0 Å². The van der Waals surface area contributed by atoms with Gasteiger partial charge >= 0.3 is 25.7 Å². The molecule has 0 aromatic heterocycles. The third-order valence-electron chi connectivity index (χ3n) is 10.6. The van der Waals surface area contributed by atoms with Crippen LogP contribution in [0.1, 0.15) is 239 Å². The van der Waals surface area contributed by atoms with Gasteiger partial charge < -0.3 is 24.8 Å². The monoisotopic (exact) mass is 862 g/mol. The molecule has 348 valence electrons. The minimum absolute atomic E-state index is 0.00416. The van der Waals surface area contributed by atoms with E-state index in [9.17, 15) is 28.6 Å². The Balaban J connectivity index is 4.46. The molecule has 0 aliphatic rings. The Morgan fingerprint density at radius 3 is 1.29 bits per heavy atom. The number of ether oxygens (including phenoxy) is 2. The molecule has 1 unspecified atom stereocenters. The number of carboxylic acid groups (broad SMARTS) is 1. The van der Waals surface area contributed by atoms with E-state index >= 15 is 0 Å². The molecule has 0 radical (unpaired) electrons. The molecule has 0 saturated carbocycles. The number of esters is 2. The number of carboxylic acids is 1. The van der Waals surface area contributed by atoms with E-state index in [0.717, 1.165) is 38.5 Å². The largest absolute Gasteiger partial charge is 0.481 e. The van der Waals surface area contributed by atoms with Crippen LogP contribution in [0.25, 0.3) is 0 Å². The third-order valence-corrected chi connectivity index (χ3v) is 11.6. The maximum Gasteiger partial charge on any atom is 0.472 e. The minimum atomic E-state index is -4.59. The highest BCUT2D eigenvalue weighted by Gasteiger charge is 2.26. The van der Waals surface area contributed by atoms with E-state index in [1.54, 1.807) is 0 Å². The number of hydrogen-bond donors (Lipinski definition) is 3. The number of carbonyl (C=O) groups excluding carboxylic acids is 3. The van der Waals surface area contributed by atoms with Crippen LogP contribution in [0, 0.1) is 0 Å². The van der Waals surface area contributed by atoms with Gasteiger partial charge in [-0.3, -0.25) is 28.2 Å². The second-order valence-corrected chi connectivity index (χ2v) is 17.8. The van der Waals surface area contributed by atoms with Crippen LogP contribution in [-0.2, 0) is 42.3 Å². The highest BCUT2D eigenvalue weighted by atomic mass is 31.2. The summed E-state index contributed by atoms with van der Waals surface area (Å²) in [6.45, 7) is 3.24. The molecule has 0 bridgehead atoms. The van der Waals surface area contributed by atoms with Gasteiger partial charge in [0.05, 0.1) is 13.2 Å². The maximum absolute atomic E-state index is 12.7. The Hall–Kier alpha value is -2.01. The quantitative estimate of drug-likeness (QED) is 0.0302. The van der Waals surface area contributed by atoms with E-state index in [2.05, 4.69) is 19.2 Å². The average molecular weight is 862 g/mol. The van der Waals surface area contributed by atoms with Gasteiger partial charge in [0.25, 0.3) is 0 Å². The van der Waals surface area contributed by atoms with Crippen LogP contribution < -0.4 is 5.32 Å². The number of carbonyl (C=O) groups is 4. The number of unbranched alkanes of at least 4 members (excludes halogenated alkanes) is 28. The van der Waals surface area contributed by atoms with Crippen molar-refractivity contribution in [2.24, 2.45) is 0 Å². The van der Waals surface area contributed by atoms with E-state index in [1.807, 2.05) is 0 Å². The molecule has 0 aromatic rings. The molecule has 0 spiro atoms. The fourth-order valence-corrected chi connectivity index (χ4v) is 7.71. The highest BCUT2D eigenvalue weighted by molar-refractivity contribution is 7.47. The molecule has 0 saturated heterocycles. The van der Waals surface area contributed by atoms with Gasteiger partial charge in [-0.2, -0.15) is 0 Å². The van der Waals surface area contributed by atoms with E-state index in [1.165, 1.54) is 141 Å². The summed E-state index contributed by atoms with van der Waals surface area (Å²) in [5, 5.41) is 11.2. The topological polar surface area (TPSA) is 175 Å². The SMILES string of the molecule is CCCCCCCCCCCCCCCCCC(=O)OC[C@H](COP(=O)(O)OCCNC(=O)CCCC(=O)O)OC(=O)CCCCCCCCCCCCCCCCC. The second kappa shape index (κ2) is 42.7. The smallest absolute Gasteiger partial charge is 0.472 e. The third kappa shape index (κ3) is 43.9. The molecule has 59 heavy (non-hydrogen) atoms. The predicted molar refractivity (Wildman–Crippen MR) is 236 cm³/mol. The molecule has 0 fully saturated rings. The standard InChI is InChI=1S/C46H88NO11P/c1-3-5-7-9-11-13-15-17-19-21-23-25-27-29-31-36-45(51)55-40-42(41-57-59(53,54)56-39-38-47-43(48)34-33-35-44(49)50)58-46(52)37-32-30-28-26-24-22-20-18-16-14-12-10-8-6-4-2/h42H,3-41H2,1-2H3,(H,47,48)(H,49,50)(H,53,54)/t42-/m1/s1. The second-order valence-electron chi connectivity index (χ2n) is 16.4. The van der Waals surface area contributed by atoms with Gasteiger partial charge in [0.2, 0.25) is 5.91 Å². The Morgan fingerprint density at radius 2 is 0.881 bits per heavy atom. The van der Waals surface area contributed by atoms with Gasteiger partial charge in [-0.15, -0.1) is 0 Å². The normalized spacial score (nSPS) is 12.9. The number of nitrogens with one attached hydrogen (secondary N) is 1. The molecular formula is C46H88NO11P. The van der Waals surface area contributed by atoms with Gasteiger partial charge in [0.1, 0.15) is 6.61 Å². The maximum atomic E-state index is 12.7. The molecule has 0 rings (SSSR count). The summed E-state index contributed by atoms with van der Waals surface area (Å²) in [4.78, 5) is 57.8. The molecule has 1 amide bonds. The van der Waals surface area contributed by atoms with Crippen molar-refractivity contribution < 1.29 is 52.3 Å². The zero-order valence-electron chi connectivity index (χ0n) is 37.7. The minimum Gasteiger partial charge on any atom is -0.481 e. The first-order chi connectivity index (χ1) is 28.6. The molecule has 12 nitrogen and oxygen atoms in total. The summed E-state index contributed by atoms with van der Waals surface area (Å²) in [5.41, 5.74) is 0. The highest BCUT2D eigenvalue weighted by Crippen LogP contribution is 2.43. The van der Waals surface area contributed by atoms with Gasteiger partial charge in [-0.05, 0) is 19.3 Å². The molecule has 0 heterocycles. The lowest BCUT2D eigenvalue weighted by molar-refractivity contribution is -0.161. The van der Waals surface area contributed by atoms with Crippen molar-refractivity contribution in [3.63, 3.8) is 0 Å². The summed E-state index contributed by atoms with van der Waals surface area (Å²) in [7, 11) is -4.59. The number of rotatable bonds is 46. The molecule has 3 N–H and O–H groups in total. The van der Waals surface area contributed by atoms with Crippen LogP contribution in [0.4, 0.5) is 0 Å². The van der Waals surface area contributed by atoms with Gasteiger partial charge in [0.15, 0.2) is 6.10 Å². The van der Waals surface area contributed by atoms with Crippen molar-refractivity contribution in [2.45, 2.75) is 245 Å². The average Bonchev–Trinajstić information content (AvgIpc) is 3.20. The number of hydrogen-bond acceptors (Lipinski definition) is 9. The summed E-state index contributed by atoms with van der Waals surface area (Å²) in [6, 6.07) is 0. The summed E-state index contributed by atoms with van der Waals surface area (Å²) >= 11 is 0.